The molecule has 43 heavy (non-hydrogen) atoms. The largest absolute Gasteiger partial charge is 0.441 e. The van der Waals surface area contributed by atoms with Gasteiger partial charge in [0.2, 0.25) is 17.7 Å². The Bertz CT molecular complexity index is 1660. The minimum atomic E-state index is -4.21. The number of carbonyl (C=O) groups is 2. The Morgan fingerprint density at radius 1 is 1.23 bits per heavy atom. The number of aryl methyl sites for hydroxylation is 1. The second-order valence-electron chi connectivity index (χ2n) is 10.5. The third kappa shape index (κ3) is 6.46. The van der Waals surface area contributed by atoms with Gasteiger partial charge in [0.15, 0.2) is 0 Å². The van der Waals surface area contributed by atoms with E-state index < -0.39 is 27.9 Å². The van der Waals surface area contributed by atoms with Crippen LogP contribution in [0.2, 0.25) is 0 Å². The first-order valence-electron chi connectivity index (χ1n) is 14.1. The monoisotopic (exact) mass is 609 g/mol. The highest BCUT2D eigenvalue weighted by Gasteiger charge is 2.32. The lowest BCUT2D eigenvalue weighted by Crippen LogP contribution is -2.47. The maximum Gasteiger partial charge on any atom is 0.325 e. The normalized spacial score (nSPS) is 15.9. The number of likely N-dealkylation sites (tertiary alicyclic amines) is 1. The van der Waals surface area contributed by atoms with E-state index in [0.29, 0.717) is 79.6 Å². The van der Waals surface area contributed by atoms with Crippen LogP contribution < -0.4 is 13.9 Å². The number of nitrogens with zero attached hydrogens (tertiary/aromatic N) is 6. The van der Waals surface area contributed by atoms with Gasteiger partial charge < -0.3 is 14.2 Å². The fraction of sp³-hybridized carbons (Fsp3) is 0.414. The van der Waals surface area contributed by atoms with Crippen LogP contribution in [-0.4, -0.2) is 61.8 Å². The standard InChI is InChI=1S/C29H32FN7O5S/c1-3-23-17-32-29(42-23)24-15-20(16-31)27(33-25(24)18-37-12-4-5-26(37)38)36-13-10-19(11-14-36)28(39)34-43(40,41)35(2)22-8-6-21(30)7-9-22/h6-9,15,17,19H,3-5,10-14,18H2,1-2H3,(H,34,39). The number of aromatic nitrogens is 2. The predicted molar refractivity (Wildman–Crippen MR) is 155 cm³/mol. The van der Waals surface area contributed by atoms with E-state index in [2.05, 4.69) is 15.8 Å². The number of rotatable bonds is 9. The minimum absolute atomic E-state index is 0.0344. The molecule has 2 fully saturated rings. The lowest BCUT2D eigenvalue weighted by Gasteiger charge is -2.33. The summed E-state index contributed by atoms with van der Waals surface area (Å²) >= 11 is 0. The molecule has 0 bridgehead atoms. The Labute approximate surface area is 249 Å². The van der Waals surface area contributed by atoms with Gasteiger partial charge in [-0.1, -0.05) is 6.92 Å². The molecule has 1 N–H and O–H groups in total. The van der Waals surface area contributed by atoms with Crippen LogP contribution in [0.3, 0.4) is 0 Å². The fourth-order valence-electron chi connectivity index (χ4n) is 5.24. The third-order valence-electron chi connectivity index (χ3n) is 7.79. The zero-order valence-electron chi connectivity index (χ0n) is 23.9. The molecule has 5 rings (SSSR count). The molecule has 2 aliphatic rings. The van der Waals surface area contributed by atoms with E-state index in [9.17, 15) is 27.7 Å². The van der Waals surface area contributed by atoms with Gasteiger partial charge in [0.1, 0.15) is 23.5 Å². The number of oxazole rings is 1. The summed E-state index contributed by atoms with van der Waals surface area (Å²) in [4.78, 5) is 38.2. The first-order chi connectivity index (χ1) is 20.6. The Kier molecular flexibility index (Phi) is 8.63. The van der Waals surface area contributed by atoms with Crippen LogP contribution in [-0.2, 0) is 32.8 Å². The van der Waals surface area contributed by atoms with E-state index in [-0.39, 0.29) is 18.1 Å². The molecule has 0 aliphatic carbocycles. The number of nitrogens with one attached hydrogen (secondary N) is 1. The number of nitriles is 1. The Balaban J connectivity index is 1.33. The van der Waals surface area contributed by atoms with E-state index in [1.807, 2.05) is 11.8 Å². The second kappa shape index (κ2) is 12.4. The molecule has 2 saturated heterocycles. The van der Waals surface area contributed by atoms with Gasteiger partial charge in [-0.15, -0.1) is 0 Å². The van der Waals surface area contributed by atoms with Crippen LogP contribution >= 0.6 is 0 Å². The van der Waals surface area contributed by atoms with Gasteiger partial charge in [0, 0.05) is 45.4 Å². The molecule has 3 aromatic rings. The van der Waals surface area contributed by atoms with Gasteiger partial charge in [-0.2, -0.15) is 13.7 Å². The molecule has 2 amide bonds. The van der Waals surface area contributed by atoms with Gasteiger partial charge in [0.25, 0.3) is 0 Å². The van der Waals surface area contributed by atoms with Crippen molar-refractivity contribution in [2.24, 2.45) is 5.92 Å². The Morgan fingerprint density at radius 2 is 1.95 bits per heavy atom. The van der Waals surface area contributed by atoms with Crippen molar-refractivity contribution in [1.82, 2.24) is 19.6 Å². The van der Waals surface area contributed by atoms with Crippen molar-refractivity contribution in [3.63, 3.8) is 0 Å². The zero-order valence-corrected chi connectivity index (χ0v) is 24.7. The summed E-state index contributed by atoms with van der Waals surface area (Å²) in [5.41, 5.74) is 1.61. The van der Waals surface area contributed by atoms with Crippen LogP contribution in [0.25, 0.3) is 11.5 Å². The lowest BCUT2D eigenvalue weighted by atomic mass is 9.96. The quantitative estimate of drug-likeness (QED) is 0.386. The molecule has 12 nitrogen and oxygen atoms in total. The molecule has 226 valence electrons. The highest BCUT2D eigenvalue weighted by atomic mass is 32.2. The van der Waals surface area contributed by atoms with Gasteiger partial charge in [0.05, 0.1) is 35.2 Å². The maximum absolute atomic E-state index is 13.3. The molecule has 0 saturated carbocycles. The SMILES string of the molecule is CCc1cnc(-c2cc(C#N)c(N3CCC(C(=O)NS(=O)(=O)N(C)c4ccc(F)cc4)CC3)nc2CN2CCCC2=O)o1. The molecular weight excluding hydrogens is 577 g/mol. The molecule has 2 aliphatic heterocycles. The second-order valence-corrected chi connectivity index (χ2v) is 12.2. The predicted octanol–water partition coefficient (Wildman–Crippen LogP) is 3.15. The average Bonchev–Trinajstić information content (AvgIpc) is 3.65. The summed E-state index contributed by atoms with van der Waals surface area (Å²) in [6.07, 6.45) is 4.18. The van der Waals surface area contributed by atoms with Crippen molar-refractivity contribution in [3.05, 3.63) is 59.4 Å². The molecule has 2 aromatic heterocycles. The summed E-state index contributed by atoms with van der Waals surface area (Å²) in [6, 6.07) is 8.77. The lowest BCUT2D eigenvalue weighted by molar-refractivity contribution is -0.128. The number of piperidine rings is 1. The molecule has 0 spiro atoms. The number of halogens is 1. The molecular formula is C29H32FN7O5S. The fourth-order valence-corrected chi connectivity index (χ4v) is 6.20. The van der Waals surface area contributed by atoms with Crippen molar-refractivity contribution in [1.29, 1.82) is 5.26 Å². The van der Waals surface area contributed by atoms with E-state index in [1.54, 1.807) is 17.2 Å². The Morgan fingerprint density at radius 3 is 2.56 bits per heavy atom. The summed E-state index contributed by atoms with van der Waals surface area (Å²) in [6.45, 7) is 3.51. The highest BCUT2D eigenvalue weighted by Crippen LogP contribution is 2.32. The number of pyridine rings is 1. The zero-order chi connectivity index (χ0) is 30.7. The molecule has 0 radical (unpaired) electrons. The topological polar surface area (TPSA) is 153 Å². The number of carbonyl (C=O) groups excluding carboxylic acids is 2. The van der Waals surface area contributed by atoms with Crippen LogP contribution in [0.5, 0.6) is 0 Å². The van der Waals surface area contributed by atoms with Gasteiger partial charge in [-0.05, 0) is 49.6 Å². The van der Waals surface area contributed by atoms with E-state index in [0.717, 1.165) is 22.9 Å². The summed E-state index contributed by atoms with van der Waals surface area (Å²) in [5, 5.41) is 10.0. The van der Waals surface area contributed by atoms with Crippen LogP contribution in [0.15, 0.2) is 40.9 Å². The van der Waals surface area contributed by atoms with Crippen molar-refractivity contribution in [2.45, 2.75) is 45.6 Å². The van der Waals surface area contributed by atoms with E-state index in [4.69, 9.17) is 9.40 Å². The third-order valence-corrected chi connectivity index (χ3v) is 9.18. The summed E-state index contributed by atoms with van der Waals surface area (Å²) < 4.78 is 47.8. The van der Waals surface area contributed by atoms with Crippen LogP contribution in [0.1, 0.15) is 49.6 Å². The number of hydrogen-bond donors (Lipinski definition) is 1. The Hall–Kier alpha value is -4.51. The van der Waals surface area contributed by atoms with E-state index in [1.165, 1.54) is 19.2 Å². The number of anilines is 2. The van der Waals surface area contributed by atoms with Gasteiger partial charge in [-0.3, -0.25) is 13.9 Å². The average molecular weight is 610 g/mol. The van der Waals surface area contributed by atoms with Crippen molar-refractivity contribution in [2.75, 3.05) is 35.9 Å². The van der Waals surface area contributed by atoms with Crippen molar-refractivity contribution in [3.8, 4) is 17.5 Å². The summed E-state index contributed by atoms with van der Waals surface area (Å²) in [7, 11) is -2.93. The van der Waals surface area contributed by atoms with Crippen molar-refractivity contribution < 1.29 is 26.8 Å². The van der Waals surface area contributed by atoms with Gasteiger partial charge in [-0.25, -0.2) is 19.1 Å². The smallest absolute Gasteiger partial charge is 0.325 e. The van der Waals surface area contributed by atoms with Gasteiger partial charge >= 0.3 is 10.2 Å². The number of hydrogen-bond acceptors (Lipinski definition) is 9. The summed E-state index contributed by atoms with van der Waals surface area (Å²) in [5.74, 6) is -0.248. The number of amides is 2. The molecule has 0 unspecified atom stereocenters. The molecule has 0 atom stereocenters. The van der Waals surface area contributed by atoms with Crippen LogP contribution in [0.4, 0.5) is 15.9 Å². The van der Waals surface area contributed by atoms with E-state index >= 15 is 0 Å². The van der Waals surface area contributed by atoms with Crippen LogP contribution in [0, 0.1) is 23.1 Å². The molecule has 14 heteroatoms. The first-order valence-corrected chi connectivity index (χ1v) is 15.5. The maximum atomic E-state index is 13.3. The van der Waals surface area contributed by atoms with Crippen molar-refractivity contribution >= 4 is 33.5 Å². The minimum Gasteiger partial charge on any atom is -0.441 e. The number of benzene rings is 1. The first kappa shape index (κ1) is 30.0. The molecule has 1 aromatic carbocycles. The highest BCUT2D eigenvalue weighted by molar-refractivity contribution is 7.91. The molecule has 4 heterocycles.